The van der Waals surface area contributed by atoms with E-state index in [1.807, 2.05) is 12.1 Å². The van der Waals surface area contributed by atoms with Crippen LogP contribution < -0.4 is 5.73 Å². The molecule has 0 radical (unpaired) electrons. The van der Waals surface area contributed by atoms with E-state index in [4.69, 9.17) is 10.5 Å². The highest BCUT2D eigenvalue weighted by Crippen LogP contribution is 2.18. The van der Waals surface area contributed by atoms with Crippen molar-refractivity contribution < 1.29 is 4.74 Å². The van der Waals surface area contributed by atoms with Crippen molar-refractivity contribution in [1.82, 2.24) is 0 Å². The lowest BCUT2D eigenvalue weighted by Gasteiger charge is -2.21. The average molecular weight is 286 g/mol. The van der Waals surface area contributed by atoms with Crippen LogP contribution in [0.25, 0.3) is 0 Å². The predicted molar refractivity (Wildman–Crippen MR) is 71.3 cm³/mol. The summed E-state index contributed by atoms with van der Waals surface area (Å²) in [6.07, 6.45) is 0.998. The lowest BCUT2D eigenvalue weighted by atomic mass is 9.90. The van der Waals surface area contributed by atoms with Crippen LogP contribution in [-0.4, -0.2) is 13.2 Å². The van der Waals surface area contributed by atoms with Gasteiger partial charge in [0.05, 0.1) is 6.61 Å². The summed E-state index contributed by atoms with van der Waals surface area (Å²) < 4.78 is 6.73. The highest BCUT2D eigenvalue weighted by Gasteiger charge is 2.14. The summed E-state index contributed by atoms with van der Waals surface area (Å²) >= 11 is 3.44. The van der Waals surface area contributed by atoms with Gasteiger partial charge in [0.25, 0.3) is 0 Å². The van der Waals surface area contributed by atoms with Crippen molar-refractivity contribution in [1.29, 1.82) is 0 Å². The molecule has 90 valence electrons. The molecule has 0 saturated carbocycles. The molecule has 16 heavy (non-hydrogen) atoms. The van der Waals surface area contributed by atoms with E-state index in [1.165, 1.54) is 5.56 Å². The van der Waals surface area contributed by atoms with Crippen LogP contribution in [0.1, 0.15) is 25.8 Å². The molecule has 0 atom stereocenters. The van der Waals surface area contributed by atoms with Crippen LogP contribution in [-0.2, 0) is 11.3 Å². The van der Waals surface area contributed by atoms with Gasteiger partial charge in [-0.1, -0.05) is 41.9 Å². The molecule has 0 saturated heterocycles. The number of nitrogens with two attached hydrogens (primary N) is 1. The molecule has 1 aromatic rings. The smallest absolute Gasteiger partial charge is 0.0717 e. The van der Waals surface area contributed by atoms with Crippen LogP contribution in [0.4, 0.5) is 0 Å². The maximum atomic E-state index is 5.66. The van der Waals surface area contributed by atoms with Gasteiger partial charge >= 0.3 is 0 Å². The van der Waals surface area contributed by atoms with Gasteiger partial charge in [-0.15, -0.1) is 0 Å². The lowest BCUT2D eigenvalue weighted by Crippen LogP contribution is -2.25. The Bertz CT molecular complexity index is 325. The van der Waals surface area contributed by atoms with Crippen LogP contribution in [0.5, 0.6) is 0 Å². The lowest BCUT2D eigenvalue weighted by molar-refractivity contribution is 0.0939. The summed E-state index contributed by atoms with van der Waals surface area (Å²) in [6, 6.07) is 8.18. The van der Waals surface area contributed by atoms with Gasteiger partial charge < -0.3 is 10.5 Å². The zero-order valence-electron chi connectivity index (χ0n) is 10.0. The van der Waals surface area contributed by atoms with Crippen molar-refractivity contribution >= 4 is 15.9 Å². The van der Waals surface area contributed by atoms with E-state index in [0.717, 1.165) is 17.5 Å². The maximum absolute atomic E-state index is 5.66. The van der Waals surface area contributed by atoms with E-state index < -0.39 is 0 Å². The summed E-state index contributed by atoms with van der Waals surface area (Å²) in [4.78, 5) is 0. The average Bonchev–Trinajstić information content (AvgIpc) is 2.25. The van der Waals surface area contributed by atoms with Gasteiger partial charge in [0.1, 0.15) is 0 Å². The van der Waals surface area contributed by atoms with Gasteiger partial charge in [-0.05, 0) is 36.1 Å². The second-order valence-electron chi connectivity index (χ2n) is 4.80. The number of benzene rings is 1. The quantitative estimate of drug-likeness (QED) is 0.814. The van der Waals surface area contributed by atoms with Crippen molar-refractivity contribution in [2.24, 2.45) is 11.1 Å². The second-order valence-corrected chi connectivity index (χ2v) is 5.72. The van der Waals surface area contributed by atoms with E-state index in [1.54, 1.807) is 0 Å². The molecule has 0 aliphatic carbocycles. The molecule has 0 amide bonds. The molecule has 0 aromatic heterocycles. The SMILES string of the molecule is CC(C)(CN)CCOCc1cccc(Br)c1. The molecule has 0 bridgehead atoms. The third-order valence-corrected chi connectivity index (χ3v) is 3.13. The van der Waals surface area contributed by atoms with Crippen LogP contribution in [0, 0.1) is 5.41 Å². The number of halogens is 1. The van der Waals surface area contributed by atoms with Gasteiger partial charge in [-0.2, -0.15) is 0 Å². The van der Waals surface area contributed by atoms with Crippen molar-refractivity contribution in [3.8, 4) is 0 Å². The van der Waals surface area contributed by atoms with E-state index in [2.05, 4.69) is 41.9 Å². The summed E-state index contributed by atoms with van der Waals surface area (Å²) in [7, 11) is 0. The molecule has 0 aliphatic heterocycles. The van der Waals surface area contributed by atoms with Crippen molar-refractivity contribution in [3.63, 3.8) is 0 Å². The number of hydrogen-bond donors (Lipinski definition) is 1. The van der Waals surface area contributed by atoms with E-state index in [0.29, 0.717) is 13.2 Å². The van der Waals surface area contributed by atoms with Crippen molar-refractivity contribution in [2.45, 2.75) is 26.9 Å². The topological polar surface area (TPSA) is 35.2 Å². The van der Waals surface area contributed by atoms with Gasteiger partial charge in [-0.3, -0.25) is 0 Å². The van der Waals surface area contributed by atoms with Crippen LogP contribution in [0.3, 0.4) is 0 Å². The molecule has 2 N–H and O–H groups in total. The summed E-state index contributed by atoms with van der Waals surface area (Å²) in [5, 5.41) is 0. The first-order valence-corrected chi connectivity index (χ1v) is 6.35. The molecule has 3 heteroatoms. The highest BCUT2D eigenvalue weighted by molar-refractivity contribution is 9.10. The van der Waals surface area contributed by atoms with Crippen LogP contribution in [0.15, 0.2) is 28.7 Å². The normalized spacial score (nSPS) is 11.8. The molecule has 0 spiro atoms. The minimum Gasteiger partial charge on any atom is -0.377 e. The Balaban J connectivity index is 2.26. The minimum absolute atomic E-state index is 0.178. The highest BCUT2D eigenvalue weighted by atomic mass is 79.9. The van der Waals surface area contributed by atoms with Gasteiger partial charge in [0, 0.05) is 11.1 Å². The standard InChI is InChI=1S/C13H20BrNO/c1-13(2,10-15)6-7-16-9-11-4-3-5-12(14)8-11/h3-5,8H,6-7,9-10,15H2,1-2H3. The molecule has 0 heterocycles. The van der Waals surface area contributed by atoms with Crippen LogP contribution >= 0.6 is 15.9 Å². The third-order valence-electron chi connectivity index (χ3n) is 2.63. The Kier molecular flexibility index (Phi) is 5.46. The van der Waals surface area contributed by atoms with Gasteiger partial charge in [0.15, 0.2) is 0 Å². The van der Waals surface area contributed by atoms with E-state index in [-0.39, 0.29) is 5.41 Å². The number of rotatable bonds is 6. The van der Waals surface area contributed by atoms with Crippen LogP contribution in [0.2, 0.25) is 0 Å². The monoisotopic (exact) mass is 285 g/mol. The number of hydrogen-bond acceptors (Lipinski definition) is 2. The molecule has 0 aliphatic rings. The van der Waals surface area contributed by atoms with Crippen molar-refractivity contribution in [2.75, 3.05) is 13.2 Å². The first-order valence-electron chi connectivity index (χ1n) is 5.56. The molecular weight excluding hydrogens is 266 g/mol. The fourth-order valence-electron chi connectivity index (χ4n) is 1.27. The summed E-state index contributed by atoms with van der Waals surface area (Å²) in [5.74, 6) is 0. The minimum atomic E-state index is 0.178. The largest absolute Gasteiger partial charge is 0.377 e. The number of ether oxygens (including phenoxy) is 1. The summed E-state index contributed by atoms with van der Waals surface area (Å²) in [5.41, 5.74) is 7.03. The Morgan fingerprint density at radius 2 is 2.12 bits per heavy atom. The fourth-order valence-corrected chi connectivity index (χ4v) is 1.71. The molecule has 0 unspecified atom stereocenters. The Labute approximate surface area is 106 Å². The molecular formula is C13H20BrNO. The summed E-state index contributed by atoms with van der Waals surface area (Å²) in [6.45, 7) is 6.45. The van der Waals surface area contributed by atoms with Gasteiger partial charge in [0.2, 0.25) is 0 Å². The predicted octanol–water partition coefficient (Wildman–Crippen LogP) is 3.34. The Morgan fingerprint density at radius 3 is 2.75 bits per heavy atom. The molecule has 1 aromatic carbocycles. The third kappa shape index (κ3) is 5.10. The zero-order chi connectivity index (χ0) is 12.0. The fraction of sp³-hybridized carbons (Fsp3) is 0.538. The van der Waals surface area contributed by atoms with E-state index in [9.17, 15) is 0 Å². The Morgan fingerprint density at radius 1 is 1.38 bits per heavy atom. The second kappa shape index (κ2) is 6.38. The van der Waals surface area contributed by atoms with Gasteiger partial charge in [-0.25, -0.2) is 0 Å². The zero-order valence-corrected chi connectivity index (χ0v) is 11.6. The molecule has 0 fully saturated rings. The van der Waals surface area contributed by atoms with Crippen molar-refractivity contribution in [3.05, 3.63) is 34.3 Å². The maximum Gasteiger partial charge on any atom is 0.0717 e. The first-order chi connectivity index (χ1) is 7.53. The molecule has 1 rings (SSSR count). The molecule has 2 nitrogen and oxygen atoms in total. The first kappa shape index (κ1) is 13.7. The Hall–Kier alpha value is -0.380. The van der Waals surface area contributed by atoms with E-state index >= 15 is 0 Å².